The average Bonchev–Trinajstić information content (AvgIpc) is 2.33. The van der Waals surface area contributed by atoms with Crippen LogP contribution in [0.25, 0.3) is 0 Å². The minimum Gasteiger partial charge on any atom is -0.481 e. The first-order chi connectivity index (χ1) is 6.43. The predicted molar refractivity (Wildman–Crippen MR) is 51.2 cm³/mol. The maximum Gasteiger partial charge on any atom is 0.327 e. The molecule has 14 heavy (non-hydrogen) atoms. The molecule has 0 fully saturated rings. The van der Waals surface area contributed by atoms with Gasteiger partial charge in [-0.3, -0.25) is 9.36 Å². The van der Waals surface area contributed by atoms with Crippen molar-refractivity contribution in [3.8, 4) is 0 Å². The van der Waals surface area contributed by atoms with E-state index in [0.29, 0.717) is 6.42 Å². The van der Waals surface area contributed by atoms with Crippen LogP contribution in [0.1, 0.15) is 12.6 Å². The monoisotopic (exact) mass is 198 g/mol. The Hall–Kier alpha value is -1.52. The number of hydrogen-bond donors (Lipinski definition) is 1. The van der Waals surface area contributed by atoms with E-state index in [4.69, 9.17) is 5.11 Å². The van der Waals surface area contributed by atoms with Crippen molar-refractivity contribution >= 4 is 5.97 Å². The van der Waals surface area contributed by atoms with Gasteiger partial charge in [0.1, 0.15) is 0 Å². The first-order valence-corrected chi connectivity index (χ1v) is 4.37. The highest BCUT2D eigenvalue weighted by Gasteiger charge is 2.15. The lowest BCUT2D eigenvalue weighted by Crippen LogP contribution is -2.21. The van der Waals surface area contributed by atoms with Crippen molar-refractivity contribution in [1.29, 1.82) is 0 Å². The molecule has 0 saturated carbocycles. The number of carbonyl (C=O) groups is 1. The number of hydrogen-bond acceptors (Lipinski definition) is 2. The van der Waals surface area contributed by atoms with Crippen molar-refractivity contribution in [1.82, 2.24) is 9.13 Å². The zero-order valence-electron chi connectivity index (χ0n) is 8.52. The van der Waals surface area contributed by atoms with Gasteiger partial charge in [0.25, 0.3) is 0 Å². The van der Waals surface area contributed by atoms with Crippen molar-refractivity contribution in [3.63, 3.8) is 0 Å². The normalized spacial score (nSPS) is 12.8. The summed E-state index contributed by atoms with van der Waals surface area (Å²) in [4.78, 5) is 21.9. The summed E-state index contributed by atoms with van der Waals surface area (Å²) in [6.45, 7) is 1.62. The Morgan fingerprint density at radius 3 is 2.50 bits per heavy atom. The van der Waals surface area contributed by atoms with Crippen LogP contribution >= 0.6 is 0 Å². The van der Waals surface area contributed by atoms with Crippen LogP contribution in [0.15, 0.2) is 11.0 Å². The van der Waals surface area contributed by atoms with Crippen LogP contribution in [-0.2, 0) is 25.3 Å². The Morgan fingerprint density at radius 1 is 1.57 bits per heavy atom. The highest BCUT2D eigenvalue weighted by molar-refractivity contribution is 5.69. The third-order valence-corrected chi connectivity index (χ3v) is 2.30. The van der Waals surface area contributed by atoms with Gasteiger partial charge in [-0.15, -0.1) is 0 Å². The molecule has 5 heteroatoms. The van der Waals surface area contributed by atoms with Gasteiger partial charge < -0.3 is 9.67 Å². The van der Waals surface area contributed by atoms with E-state index < -0.39 is 11.9 Å². The largest absolute Gasteiger partial charge is 0.481 e. The lowest BCUT2D eigenvalue weighted by Gasteiger charge is -2.05. The van der Waals surface area contributed by atoms with Crippen LogP contribution in [0.4, 0.5) is 0 Å². The number of nitrogens with zero attached hydrogens (tertiary/aromatic N) is 2. The van der Waals surface area contributed by atoms with Crippen molar-refractivity contribution < 1.29 is 9.90 Å². The summed E-state index contributed by atoms with van der Waals surface area (Å²) in [5.41, 5.74) is 0.616. The van der Waals surface area contributed by atoms with E-state index in [-0.39, 0.29) is 5.69 Å². The summed E-state index contributed by atoms with van der Waals surface area (Å²) in [6, 6.07) is 0. The molecular formula is C9H14N2O3. The van der Waals surface area contributed by atoms with E-state index in [1.807, 2.05) is 0 Å². The Bertz CT molecular complexity index is 403. The fourth-order valence-electron chi connectivity index (χ4n) is 1.32. The van der Waals surface area contributed by atoms with E-state index in [1.54, 1.807) is 27.2 Å². The lowest BCUT2D eigenvalue weighted by molar-refractivity contribution is -0.141. The average molecular weight is 198 g/mol. The van der Waals surface area contributed by atoms with E-state index in [1.165, 1.54) is 9.13 Å². The van der Waals surface area contributed by atoms with Gasteiger partial charge in [-0.25, -0.2) is 4.79 Å². The number of carboxylic acid groups (broad SMARTS) is 1. The highest BCUT2D eigenvalue weighted by atomic mass is 16.4. The lowest BCUT2D eigenvalue weighted by atomic mass is 10.1. The van der Waals surface area contributed by atoms with Gasteiger partial charge in [0.15, 0.2) is 0 Å². The molecular weight excluding hydrogens is 184 g/mol. The van der Waals surface area contributed by atoms with E-state index >= 15 is 0 Å². The van der Waals surface area contributed by atoms with Crippen molar-refractivity contribution in [3.05, 3.63) is 22.4 Å². The smallest absolute Gasteiger partial charge is 0.327 e. The second-order valence-corrected chi connectivity index (χ2v) is 3.52. The molecule has 0 aliphatic rings. The first kappa shape index (κ1) is 10.6. The Balaban J connectivity index is 2.93. The van der Waals surface area contributed by atoms with Gasteiger partial charge in [-0.1, -0.05) is 6.92 Å². The molecule has 1 unspecified atom stereocenters. The van der Waals surface area contributed by atoms with Crippen LogP contribution in [-0.4, -0.2) is 20.2 Å². The van der Waals surface area contributed by atoms with Crippen LogP contribution in [0.3, 0.4) is 0 Å². The number of carboxylic acids is 1. The third kappa shape index (κ3) is 1.86. The molecule has 1 atom stereocenters. The molecule has 0 aromatic carbocycles. The molecule has 0 amide bonds. The maximum atomic E-state index is 11.3. The summed E-state index contributed by atoms with van der Waals surface area (Å²) in [5.74, 6) is -1.32. The second kappa shape index (κ2) is 3.69. The summed E-state index contributed by atoms with van der Waals surface area (Å²) in [6.07, 6.45) is 2.05. The minimum absolute atomic E-state index is 0.127. The quantitative estimate of drug-likeness (QED) is 0.742. The van der Waals surface area contributed by atoms with Crippen LogP contribution in [0.2, 0.25) is 0 Å². The van der Waals surface area contributed by atoms with Gasteiger partial charge in [0.05, 0.1) is 5.92 Å². The summed E-state index contributed by atoms with van der Waals surface area (Å²) in [5, 5.41) is 8.72. The maximum absolute atomic E-state index is 11.3. The molecule has 1 heterocycles. The number of rotatable bonds is 3. The fourth-order valence-corrected chi connectivity index (χ4v) is 1.32. The van der Waals surface area contributed by atoms with Gasteiger partial charge in [0.2, 0.25) is 0 Å². The van der Waals surface area contributed by atoms with E-state index in [9.17, 15) is 9.59 Å². The molecule has 1 N–H and O–H groups in total. The fraction of sp³-hybridized carbons (Fsp3) is 0.556. The molecule has 78 valence electrons. The standard InChI is InChI=1S/C9H14N2O3/c1-6(8(12)13)4-7-5-10(2)9(14)11(7)3/h5-6H,4H2,1-3H3,(H,12,13). The molecule has 1 aromatic heterocycles. The molecule has 0 spiro atoms. The number of aryl methyl sites for hydroxylation is 1. The van der Waals surface area contributed by atoms with Crippen molar-refractivity contribution in [2.24, 2.45) is 20.0 Å². The number of aromatic nitrogens is 2. The molecule has 1 rings (SSSR count). The van der Waals surface area contributed by atoms with Crippen molar-refractivity contribution in [2.75, 3.05) is 0 Å². The zero-order chi connectivity index (χ0) is 10.9. The van der Waals surface area contributed by atoms with Gasteiger partial charge in [-0.2, -0.15) is 0 Å². The van der Waals surface area contributed by atoms with Crippen LogP contribution in [0, 0.1) is 5.92 Å². The topological polar surface area (TPSA) is 64.2 Å². The Kier molecular flexibility index (Phi) is 2.78. The molecule has 0 aliphatic heterocycles. The Morgan fingerprint density at radius 2 is 2.14 bits per heavy atom. The molecule has 0 bridgehead atoms. The van der Waals surface area contributed by atoms with E-state index in [2.05, 4.69) is 0 Å². The minimum atomic E-state index is -0.846. The van der Waals surface area contributed by atoms with Gasteiger partial charge in [0, 0.05) is 32.4 Å². The van der Waals surface area contributed by atoms with Crippen LogP contribution < -0.4 is 5.69 Å². The van der Waals surface area contributed by atoms with E-state index in [0.717, 1.165) is 5.69 Å². The predicted octanol–water partition coefficient (Wildman–Crippen LogP) is -0.0130. The van der Waals surface area contributed by atoms with Crippen LogP contribution in [0.5, 0.6) is 0 Å². The highest BCUT2D eigenvalue weighted by Crippen LogP contribution is 2.06. The van der Waals surface area contributed by atoms with Gasteiger partial charge in [-0.05, 0) is 0 Å². The molecule has 1 aromatic rings. The second-order valence-electron chi connectivity index (χ2n) is 3.52. The molecule has 5 nitrogen and oxygen atoms in total. The third-order valence-electron chi connectivity index (χ3n) is 2.30. The summed E-state index contributed by atoms with van der Waals surface area (Å²) in [7, 11) is 3.30. The first-order valence-electron chi connectivity index (χ1n) is 4.37. The van der Waals surface area contributed by atoms with Crippen molar-refractivity contribution in [2.45, 2.75) is 13.3 Å². The zero-order valence-corrected chi connectivity index (χ0v) is 8.52. The van der Waals surface area contributed by atoms with Gasteiger partial charge >= 0.3 is 11.7 Å². The molecule has 0 aliphatic carbocycles. The summed E-state index contributed by atoms with van der Waals surface area (Å²) < 4.78 is 2.92. The number of imidazole rings is 1. The molecule has 0 saturated heterocycles. The SMILES string of the molecule is CC(Cc1cn(C)c(=O)n1C)C(=O)O. The Labute approximate surface area is 81.6 Å². The summed E-state index contributed by atoms with van der Waals surface area (Å²) >= 11 is 0. The number of aliphatic carboxylic acids is 1. The molecule has 0 radical (unpaired) electrons.